The molecule has 0 saturated heterocycles. The molecule has 0 unspecified atom stereocenters. The van der Waals surface area contributed by atoms with Gasteiger partial charge in [-0.05, 0) is 75.8 Å². The first-order valence-corrected chi connectivity index (χ1v) is 24.0. The van der Waals surface area contributed by atoms with Gasteiger partial charge in [0.05, 0.1) is 38.7 Å². The van der Waals surface area contributed by atoms with E-state index in [4.69, 9.17) is 19.4 Å². The Labute approximate surface area is 407 Å². The molecule has 0 aliphatic rings. The lowest BCUT2D eigenvalue weighted by Crippen LogP contribution is -2.06. The summed E-state index contributed by atoms with van der Waals surface area (Å²) in [6.45, 7) is 0. The molecule has 0 radical (unpaired) electrons. The molecule has 0 atom stereocenters. The highest BCUT2D eigenvalue weighted by Crippen LogP contribution is 2.48. The summed E-state index contributed by atoms with van der Waals surface area (Å²) in [5.41, 5.74) is 12.9. The molecule has 0 spiro atoms. The Kier molecular flexibility index (Phi) is 8.56. The van der Waals surface area contributed by atoms with Crippen LogP contribution in [0.3, 0.4) is 0 Å². The number of benzene rings is 11. The minimum atomic E-state index is 0.557. The van der Waals surface area contributed by atoms with Crippen LogP contribution in [-0.4, -0.2) is 24.1 Å². The molecule has 0 saturated carbocycles. The topological polar surface area (TPSA) is 61.7 Å². The number of furan rings is 1. The molecule has 0 aliphatic carbocycles. The third-order valence-corrected chi connectivity index (χ3v) is 14.3. The zero-order valence-corrected chi connectivity index (χ0v) is 38.2. The van der Waals surface area contributed by atoms with E-state index in [1.54, 1.807) is 0 Å². The van der Waals surface area contributed by atoms with E-state index in [0.29, 0.717) is 17.5 Å². The molecule has 0 fully saturated rings. The molecular weight excluding hydrogens is 867 g/mol. The molecule has 0 N–H and O–H groups in total. The van der Waals surface area contributed by atoms with E-state index in [1.165, 1.54) is 5.39 Å². The number of hydrogen-bond donors (Lipinski definition) is 0. The van der Waals surface area contributed by atoms with Crippen LogP contribution in [0.4, 0.5) is 0 Å². The van der Waals surface area contributed by atoms with Gasteiger partial charge in [-0.25, -0.2) is 15.0 Å². The Morgan fingerprint density at radius 1 is 0.338 bits per heavy atom. The van der Waals surface area contributed by atoms with Gasteiger partial charge in [-0.1, -0.05) is 188 Å². The number of hydrogen-bond acceptors (Lipinski definition) is 4. The summed E-state index contributed by atoms with van der Waals surface area (Å²) in [6, 6.07) is 83.7. The fraction of sp³-hybridized carbons (Fsp3) is 0. The Morgan fingerprint density at radius 2 is 0.887 bits per heavy atom. The van der Waals surface area contributed by atoms with Crippen LogP contribution in [0.5, 0.6) is 0 Å². The number of fused-ring (bicyclic) bond motifs is 12. The zero-order chi connectivity index (χ0) is 46.6. The summed E-state index contributed by atoms with van der Waals surface area (Å²) in [7, 11) is 0. The molecule has 330 valence electrons. The quantitative estimate of drug-likeness (QED) is 0.167. The minimum Gasteiger partial charge on any atom is -0.455 e. The van der Waals surface area contributed by atoms with Gasteiger partial charge in [-0.2, -0.15) is 0 Å². The third kappa shape index (κ3) is 5.98. The van der Waals surface area contributed by atoms with Gasteiger partial charge in [0.1, 0.15) is 11.2 Å². The summed E-state index contributed by atoms with van der Waals surface area (Å²) in [4.78, 5) is 16.9. The van der Waals surface area contributed by atoms with Gasteiger partial charge in [-0.15, -0.1) is 0 Å². The van der Waals surface area contributed by atoms with Gasteiger partial charge in [0, 0.05) is 49.1 Å². The normalized spacial score (nSPS) is 11.9. The Hall–Kier alpha value is -9.65. The summed E-state index contributed by atoms with van der Waals surface area (Å²) in [5, 5.41) is 10.9. The van der Waals surface area contributed by atoms with Crippen molar-refractivity contribution in [1.82, 2.24) is 24.1 Å². The molecule has 6 nitrogen and oxygen atoms in total. The second-order valence-corrected chi connectivity index (χ2v) is 18.3. The number of aromatic nitrogens is 5. The van der Waals surface area contributed by atoms with Crippen LogP contribution < -0.4 is 0 Å². The molecule has 6 heteroatoms. The van der Waals surface area contributed by atoms with Crippen molar-refractivity contribution < 1.29 is 4.42 Å². The predicted octanol–water partition coefficient (Wildman–Crippen LogP) is 16.9. The first-order valence-electron chi connectivity index (χ1n) is 24.0. The lowest BCUT2D eigenvalue weighted by Gasteiger charge is -2.19. The van der Waals surface area contributed by atoms with Gasteiger partial charge in [-0.3, -0.25) is 0 Å². The van der Waals surface area contributed by atoms with Crippen LogP contribution in [0, 0.1) is 0 Å². The van der Waals surface area contributed by atoms with Crippen LogP contribution >= 0.6 is 0 Å². The molecule has 0 aliphatic heterocycles. The summed E-state index contributed by atoms with van der Waals surface area (Å²) in [5.74, 6) is 1.70. The van der Waals surface area contributed by atoms with E-state index in [1.807, 2.05) is 12.1 Å². The SMILES string of the molecule is c1ccc(-c2ccc(-c3nc(-c4c(-n5c6ccccc6c6cc7ccccc7cc65)c5c6ccccc6oc5c5ccccc45)nc(-c4cccc5c6ccccc6n(-c6ccccc6)c45)n3)cc2)cc1. The van der Waals surface area contributed by atoms with Crippen molar-refractivity contribution in [3.63, 3.8) is 0 Å². The largest absolute Gasteiger partial charge is 0.455 e. The van der Waals surface area contributed by atoms with Gasteiger partial charge in [0.15, 0.2) is 17.5 Å². The maximum absolute atomic E-state index is 6.99. The van der Waals surface area contributed by atoms with Crippen molar-refractivity contribution >= 4 is 87.1 Å². The van der Waals surface area contributed by atoms with Crippen molar-refractivity contribution in [2.45, 2.75) is 0 Å². The first-order chi connectivity index (χ1) is 35.2. The average Bonchev–Trinajstić information content (AvgIpc) is 4.11. The third-order valence-electron chi connectivity index (χ3n) is 14.3. The van der Waals surface area contributed by atoms with E-state index < -0.39 is 0 Å². The van der Waals surface area contributed by atoms with Crippen LogP contribution in [0.25, 0.3) is 144 Å². The summed E-state index contributed by atoms with van der Waals surface area (Å²) in [6.07, 6.45) is 0. The van der Waals surface area contributed by atoms with Crippen LogP contribution in [-0.2, 0) is 0 Å². The second-order valence-electron chi connectivity index (χ2n) is 18.3. The van der Waals surface area contributed by atoms with Gasteiger partial charge < -0.3 is 13.6 Å². The van der Waals surface area contributed by atoms with Crippen molar-refractivity contribution in [3.05, 3.63) is 237 Å². The lowest BCUT2D eigenvalue weighted by molar-refractivity contribution is 0.672. The predicted molar refractivity (Wildman–Crippen MR) is 293 cm³/mol. The summed E-state index contributed by atoms with van der Waals surface area (Å²) >= 11 is 0. The molecule has 4 aromatic heterocycles. The number of para-hydroxylation sites is 5. The fourth-order valence-corrected chi connectivity index (χ4v) is 11.2. The summed E-state index contributed by atoms with van der Waals surface area (Å²) < 4.78 is 11.8. The molecule has 0 bridgehead atoms. The average molecular weight is 906 g/mol. The fourth-order valence-electron chi connectivity index (χ4n) is 11.2. The highest BCUT2D eigenvalue weighted by Gasteiger charge is 2.28. The molecular formula is C65H39N5O. The van der Waals surface area contributed by atoms with E-state index in [-0.39, 0.29) is 0 Å². The number of rotatable bonds is 6. The first kappa shape index (κ1) is 39.4. The van der Waals surface area contributed by atoms with Crippen LogP contribution in [0.15, 0.2) is 241 Å². The van der Waals surface area contributed by atoms with Crippen LogP contribution in [0.1, 0.15) is 0 Å². The highest BCUT2D eigenvalue weighted by atomic mass is 16.3. The standard InChI is InChI=1S/C65H39N5O/c1-3-18-40(19-4-1)41-34-36-42(37-35-41)63-66-64(52-30-17-29-49-46-24-11-14-31-54(46)69(60(49)52)45-22-5-2-6-23-45)68-65(67-63)59-48-26-9-10-27-50(48)62-58(51-28-13-16-33-57(51)71-62)61(59)70-55-32-15-12-25-47(55)53-38-43-20-7-8-21-44(43)39-56(53)70/h1-39H. The molecule has 15 aromatic rings. The Bertz CT molecular complexity index is 4620. The van der Waals surface area contributed by atoms with E-state index in [2.05, 4.69) is 234 Å². The second kappa shape index (κ2) is 15.4. The molecule has 0 amide bonds. The van der Waals surface area contributed by atoms with Crippen molar-refractivity contribution in [3.8, 4) is 56.7 Å². The van der Waals surface area contributed by atoms with E-state index >= 15 is 0 Å². The highest BCUT2D eigenvalue weighted by molar-refractivity contribution is 6.26. The van der Waals surface area contributed by atoms with Crippen LogP contribution in [0.2, 0.25) is 0 Å². The molecule has 4 heterocycles. The minimum absolute atomic E-state index is 0.557. The van der Waals surface area contributed by atoms with Crippen molar-refractivity contribution in [2.24, 2.45) is 0 Å². The maximum atomic E-state index is 6.99. The maximum Gasteiger partial charge on any atom is 0.166 e. The number of nitrogens with zero attached hydrogens (tertiary/aromatic N) is 5. The Balaban J connectivity index is 1.11. The molecule has 15 rings (SSSR count). The monoisotopic (exact) mass is 905 g/mol. The van der Waals surface area contributed by atoms with Gasteiger partial charge in [0.25, 0.3) is 0 Å². The Morgan fingerprint density at radius 3 is 1.66 bits per heavy atom. The molecule has 71 heavy (non-hydrogen) atoms. The smallest absolute Gasteiger partial charge is 0.166 e. The van der Waals surface area contributed by atoms with Gasteiger partial charge in [0.2, 0.25) is 0 Å². The lowest BCUT2D eigenvalue weighted by atomic mass is 9.96. The van der Waals surface area contributed by atoms with Crippen molar-refractivity contribution in [1.29, 1.82) is 0 Å². The van der Waals surface area contributed by atoms with E-state index in [0.717, 1.165) is 121 Å². The van der Waals surface area contributed by atoms with E-state index in [9.17, 15) is 0 Å². The van der Waals surface area contributed by atoms with Crippen molar-refractivity contribution in [2.75, 3.05) is 0 Å². The van der Waals surface area contributed by atoms with Gasteiger partial charge >= 0.3 is 0 Å². The molecule has 11 aromatic carbocycles. The zero-order valence-electron chi connectivity index (χ0n) is 38.2.